The molecule has 0 amide bonds. The highest BCUT2D eigenvalue weighted by Crippen LogP contribution is 2.40. The molecule has 0 bridgehead atoms. The first kappa shape index (κ1) is 11.9. The fourth-order valence-corrected chi connectivity index (χ4v) is 2.94. The molecule has 2 fully saturated rings. The number of hydrogen-bond acceptors (Lipinski definition) is 3. The van der Waals surface area contributed by atoms with E-state index in [0.717, 1.165) is 13.1 Å². The minimum absolute atomic E-state index is 0.270. The molecule has 3 nitrogen and oxygen atoms in total. The van der Waals surface area contributed by atoms with Crippen LogP contribution in [0.25, 0.3) is 0 Å². The third-order valence-corrected chi connectivity index (χ3v) is 4.11. The molecule has 2 rings (SSSR count). The van der Waals surface area contributed by atoms with E-state index in [1.807, 2.05) is 0 Å². The van der Waals surface area contributed by atoms with E-state index >= 15 is 0 Å². The summed E-state index contributed by atoms with van der Waals surface area (Å²) in [5, 5.41) is 13.0. The maximum absolute atomic E-state index is 9.53. The van der Waals surface area contributed by atoms with Crippen LogP contribution >= 0.6 is 0 Å². The number of hydrogen-bond donors (Lipinski definition) is 1. The van der Waals surface area contributed by atoms with Gasteiger partial charge in [0.15, 0.2) is 0 Å². The van der Waals surface area contributed by atoms with Gasteiger partial charge in [-0.2, -0.15) is 5.26 Å². The molecule has 0 radical (unpaired) electrons. The number of nitrogens with zero attached hydrogens (tertiary/aromatic N) is 2. The molecule has 0 spiro atoms. The van der Waals surface area contributed by atoms with Crippen LogP contribution in [-0.4, -0.2) is 36.1 Å². The summed E-state index contributed by atoms with van der Waals surface area (Å²) in [5.74, 6) is 0.588. The van der Waals surface area contributed by atoms with Gasteiger partial charge in [-0.25, -0.2) is 0 Å². The second kappa shape index (κ2) is 4.73. The number of nitrogens with one attached hydrogen (secondary N) is 1. The Labute approximate surface area is 98.8 Å². The molecule has 1 aliphatic carbocycles. The van der Waals surface area contributed by atoms with Gasteiger partial charge in [0.1, 0.15) is 5.54 Å². The average molecular weight is 221 g/mol. The molecule has 2 atom stereocenters. The lowest BCUT2D eigenvalue weighted by atomic mass is 9.93. The Morgan fingerprint density at radius 1 is 1.44 bits per heavy atom. The van der Waals surface area contributed by atoms with Crippen molar-refractivity contribution in [2.75, 3.05) is 19.6 Å². The first-order valence-corrected chi connectivity index (χ1v) is 6.62. The first-order chi connectivity index (χ1) is 7.72. The van der Waals surface area contributed by atoms with Crippen LogP contribution in [0.5, 0.6) is 0 Å². The van der Waals surface area contributed by atoms with Crippen molar-refractivity contribution in [3.05, 3.63) is 0 Å². The predicted octanol–water partition coefficient (Wildman–Crippen LogP) is 1.75. The second-order valence-corrected chi connectivity index (χ2v) is 5.35. The largest absolute Gasteiger partial charge is 0.298 e. The van der Waals surface area contributed by atoms with Crippen molar-refractivity contribution in [1.82, 2.24) is 10.2 Å². The quantitative estimate of drug-likeness (QED) is 0.769. The highest BCUT2D eigenvalue weighted by Gasteiger charge is 2.47. The summed E-state index contributed by atoms with van der Waals surface area (Å²) in [6.45, 7) is 7.37. The lowest BCUT2D eigenvalue weighted by Gasteiger charge is -2.34. The Morgan fingerprint density at radius 2 is 2.19 bits per heavy atom. The zero-order valence-corrected chi connectivity index (χ0v) is 10.5. The monoisotopic (exact) mass is 221 g/mol. The van der Waals surface area contributed by atoms with E-state index in [9.17, 15) is 5.26 Å². The summed E-state index contributed by atoms with van der Waals surface area (Å²) in [6.07, 6.45) is 5.03. The van der Waals surface area contributed by atoms with Gasteiger partial charge < -0.3 is 0 Å². The fraction of sp³-hybridized carbons (Fsp3) is 0.923. The number of likely N-dealkylation sites (N-methyl/N-ethyl adjacent to an activating group) is 1. The standard InChI is InChI=1S/C13H23N3/c1-3-15-13(9-14,12-6-7-12)10-16-8-4-5-11(16)2/h11-12,15H,3-8,10H2,1-2H3. The van der Waals surface area contributed by atoms with Gasteiger partial charge in [0, 0.05) is 12.6 Å². The Balaban J connectivity index is 2.04. The molecule has 2 unspecified atom stereocenters. The van der Waals surface area contributed by atoms with Crippen molar-refractivity contribution < 1.29 is 0 Å². The van der Waals surface area contributed by atoms with Crippen molar-refractivity contribution in [2.24, 2.45) is 5.92 Å². The minimum Gasteiger partial charge on any atom is -0.298 e. The van der Waals surface area contributed by atoms with Gasteiger partial charge in [0.25, 0.3) is 0 Å². The maximum atomic E-state index is 9.53. The molecular weight excluding hydrogens is 198 g/mol. The van der Waals surface area contributed by atoms with Crippen molar-refractivity contribution in [3.8, 4) is 6.07 Å². The van der Waals surface area contributed by atoms with Crippen LogP contribution in [0, 0.1) is 17.2 Å². The van der Waals surface area contributed by atoms with Gasteiger partial charge in [-0.3, -0.25) is 10.2 Å². The Hall–Kier alpha value is -0.590. The lowest BCUT2D eigenvalue weighted by Crippen LogP contribution is -2.55. The molecule has 1 aliphatic heterocycles. The van der Waals surface area contributed by atoms with Gasteiger partial charge >= 0.3 is 0 Å². The van der Waals surface area contributed by atoms with Crippen LogP contribution in [0.15, 0.2) is 0 Å². The smallest absolute Gasteiger partial charge is 0.122 e. The van der Waals surface area contributed by atoms with Crippen molar-refractivity contribution in [3.63, 3.8) is 0 Å². The first-order valence-electron chi connectivity index (χ1n) is 6.62. The summed E-state index contributed by atoms with van der Waals surface area (Å²) in [5.41, 5.74) is -0.270. The van der Waals surface area contributed by atoms with Crippen LogP contribution in [-0.2, 0) is 0 Å². The minimum atomic E-state index is -0.270. The fourth-order valence-electron chi connectivity index (χ4n) is 2.94. The van der Waals surface area contributed by atoms with E-state index in [0.29, 0.717) is 12.0 Å². The molecule has 1 N–H and O–H groups in total. The number of rotatable bonds is 5. The van der Waals surface area contributed by atoms with E-state index in [2.05, 4.69) is 30.1 Å². The molecule has 3 heteroatoms. The Kier molecular flexibility index (Phi) is 3.51. The van der Waals surface area contributed by atoms with E-state index < -0.39 is 0 Å². The third kappa shape index (κ3) is 2.23. The number of nitriles is 1. The third-order valence-electron chi connectivity index (χ3n) is 4.11. The summed E-state index contributed by atoms with van der Waals surface area (Å²) in [6, 6.07) is 3.23. The summed E-state index contributed by atoms with van der Waals surface area (Å²) in [4.78, 5) is 2.49. The molecule has 0 aromatic carbocycles. The van der Waals surface area contributed by atoms with Crippen molar-refractivity contribution in [1.29, 1.82) is 5.26 Å². The van der Waals surface area contributed by atoms with Crippen LogP contribution in [0.3, 0.4) is 0 Å². The molecule has 0 aromatic heterocycles. The van der Waals surface area contributed by atoms with Crippen LogP contribution in [0.4, 0.5) is 0 Å². The van der Waals surface area contributed by atoms with Gasteiger partial charge in [-0.15, -0.1) is 0 Å². The maximum Gasteiger partial charge on any atom is 0.122 e. The molecule has 16 heavy (non-hydrogen) atoms. The Bertz CT molecular complexity index is 279. The predicted molar refractivity (Wildman–Crippen MR) is 65.0 cm³/mol. The second-order valence-electron chi connectivity index (χ2n) is 5.35. The Morgan fingerprint density at radius 3 is 2.62 bits per heavy atom. The molecule has 1 saturated heterocycles. The van der Waals surface area contributed by atoms with Gasteiger partial charge in [0.05, 0.1) is 6.07 Å². The molecule has 90 valence electrons. The van der Waals surface area contributed by atoms with Gasteiger partial charge in [-0.1, -0.05) is 6.92 Å². The van der Waals surface area contributed by atoms with E-state index in [-0.39, 0.29) is 5.54 Å². The van der Waals surface area contributed by atoms with E-state index in [1.165, 1.54) is 32.2 Å². The highest BCUT2D eigenvalue weighted by atomic mass is 15.2. The molecule has 2 aliphatic rings. The van der Waals surface area contributed by atoms with E-state index in [4.69, 9.17) is 0 Å². The van der Waals surface area contributed by atoms with Crippen LogP contribution in [0.2, 0.25) is 0 Å². The molecule has 1 saturated carbocycles. The summed E-state index contributed by atoms with van der Waals surface area (Å²) in [7, 11) is 0. The van der Waals surface area contributed by atoms with Crippen LogP contribution < -0.4 is 5.32 Å². The number of likely N-dealkylation sites (tertiary alicyclic amines) is 1. The average Bonchev–Trinajstić information content (AvgIpc) is 3.05. The normalized spacial score (nSPS) is 29.9. The zero-order chi connectivity index (χ0) is 11.6. The van der Waals surface area contributed by atoms with Crippen LogP contribution in [0.1, 0.15) is 39.5 Å². The van der Waals surface area contributed by atoms with Crippen molar-refractivity contribution in [2.45, 2.75) is 51.1 Å². The SMILES string of the molecule is CCNC(C#N)(CN1CCCC1C)C1CC1. The van der Waals surface area contributed by atoms with Gasteiger partial charge in [0.2, 0.25) is 0 Å². The van der Waals surface area contributed by atoms with E-state index in [1.54, 1.807) is 0 Å². The summed E-state index contributed by atoms with van der Waals surface area (Å²) < 4.78 is 0. The summed E-state index contributed by atoms with van der Waals surface area (Å²) >= 11 is 0. The molecule has 0 aromatic rings. The topological polar surface area (TPSA) is 39.1 Å². The molecular formula is C13H23N3. The van der Waals surface area contributed by atoms with Gasteiger partial charge in [-0.05, 0) is 51.6 Å². The van der Waals surface area contributed by atoms with Crippen molar-refractivity contribution >= 4 is 0 Å². The molecule has 1 heterocycles. The lowest BCUT2D eigenvalue weighted by molar-refractivity contribution is 0.192. The highest BCUT2D eigenvalue weighted by molar-refractivity contribution is 5.17. The zero-order valence-electron chi connectivity index (χ0n) is 10.5.